The summed E-state index contributed by atoms with van der Waals surface area (Å²) in [5.41, 5.74) is 6.98. The van der Waals surface area contributed by atoms with E-state index in [0.29, 0.717) is 0 Å². The van der Waals surface area contributed by atoms with Crippen LogP contribution in [0.1, 0.15) is 45.7 Å². The van der Waals surface area contributed by atoms with Crippen molar-refractivity contribution in [2.24, 2.45) is 0 Å². The second-order valence-electron chi connectivity index (χ2n) is 5.76. The van der Waals surface area contributed by atoms with Gasteiger partial charge >= 0.3 is 0 Å². The van der Waals surface area contributed by atoms with Crippen molar-refractivity contribution in [3.8, 4) is 0 Å². The van der Waals surface area contributed by atoms with Crippen molar-refractivity contribution in [2.75, 3.05) is 0 Å². The predicted octanol–water partition coefficient (Wildman–Crippen LogP) is 7.39. The fourth-order valence-electron chi connectivity index (χ4n) is 1.66. The molecule has 1 rings (SSSR count). The Morgan fingerprint density at radius 2 is 1.52 bits per heavy atom. The average Bonchev–Trinajstić information content (AvgIpc) is 2.52. The minimum absolute atomic E-state index is 1.02. The average molecular weight is 306 g/mol. The molecule has 122 valence electrons. The van der Waals surface area contributed by atoms with Gasteiger partial charge in [-0.25, -0.2) is 0 Å². The lowest BCUT2D eigenvalue weighted by Crippen LogP contribution is -1.84. The van der Waals surface area contributed by atoms with E-state index >= 15 is 0 Å². The Bertz CT molecular complexity index is 630. The summed E-state index contributed by atoms with van der Waals surface area (Å²) in [6.07, 6.45) is 10.0. The van der Waals surface area contributed by atoms with Crippen LogP contribution in [0.15, 0.2) is 85.5 Å². The number of allylic oxidation sites excluding steroid dienone is 9. The zero-order chi connectivity index (χ0) is 17.8. The van der Waals surface area contributed by atoms with Gasteiger partial charge in [0.15, 0.2) is 0 Å². The Balaban J connectivity index is 0.00000108. The maximum absolute atomic E-state index is 4.12. The molecule has 1 aromatic rings. The van der Waals surface area contributed by atoms with Gasteiger partial charge in [0, 0.05) is 0 Å². The van der Waals surface area contributed by atoms with E-state index in [0.717, 1.165) is 11.1 Å². The van der Waals surface area contributed by atoms with Gasteiger partial charge in [0.05, 0.1) is 0 Å². The highest BCUT2D eigenvalue weighted by molar-refractivity contribution is 5.76. The largest absolute Gasteiger partial charge is 0.100 e. The first-order valence-corrected chi connectivity index (χ1v) is 7.84. The Morgan fingerprint density at radius 1 is 0.957 bits per heavy atom. The second-order valence-corrected chi connectivity index (χ2v) is 5.76. The van der Waals surface area contributed by atoms with E-state index in [9.17, 15) is 0 Å². The van der Waals surface area contributed by atoms with Crippen LogP contribution in [0.3, 0.4) is 0 Å². The lowest BCUT2D eigenvalue weighted by molar-refractivity contribution is 1.42. The molecule has 0 heteroatoms. The molecule has 0 aliphatic heterocycles. The summed E-state index contributed by atoms with van der Waals surface area (Å²) in [7, 11) is 0. The topological polar surface area (TPSA) is 0 Å². The van der Waals surface area contributed by atoms with Crippen molar-refractivity contribution in [3.63, 3.8) is 0 Å². The maximum Gasteiger partial charge on any atom is -0.0184 e. The van der Waals surface area contributed by atoms with Crippen molar-refractivity contribution >= 4 is 11.1 Å². The van der Waals surface area contributed by atoms with Crippen molar-refractivity contribution in [1.82, 2.24) is 0 Å². The Hall–Kier alpha value is -2.34. The van der Waals surface area contributed by atoms with Crippen LogP contribution >= 0.6 is 0 Å². The molecule has 0 fully saturated rings. The Kier molecular flexibility index (Phi) is 10.1. The SMILES string of the molecule is C=C(C)C.C=C/C=C(\C)c1cccc(C(=C)/C=C\C(C)=C/C)c1. The molecule has 0 radical (unpaired) electrons. The summed E-state index contributed by atoms with van der Waals surface area (Å²) in [6, 6.07) is 8.41. The minimum Gasteiger partial charge on any atom is -0.100 e. The van der Waals surface area contributed by atoms with Crippen LogP contribution in [0.4, 0.5) is 0 Å². The van der Waals surface area contributed by atoms with Crippen LogP contribution in [0, 0.1) is 0 Å². The zero-order valence-corrected chi connectivity index (χ0v) is 15.3. The van der Waals surface area contributed by atoms with Gasteiger partial charge in [-0.05, 0) is 63.0 Å². The van der Waals surface area contributed by atoms with Gasteiger partial charge in [0.1, 0.15) is 0 Å². The highest BCUT2D eigenvalue weighted by Gasteiger charge is 1.99. The lowest BCUT2D eigenvalue weighted by atomic mass is 10.00. The third-order valence-corrected chi connectivity index (χ3v) is 3.06. The zero-order valence-electron chi connectivity index (χ0n) is 15.3. The third kappa shape index (κ3) is 9.31. The van der Waals surface area contributed by atoms with Crippen molar-refractivity contribution in [3.05, 3.63) is 96.7 Å². The van der Waals surface area contributed by atoms with E-state index in [1.807, 2.05) is 32.9 Å². The summed E-state index contributed by atoms with van der Waals surface area (Å²) in [6.45, 7) is 21.6. The molecule has 0 saturated heterocycles. The Morgan fingerprint density at radius 3 is 2.04 bits per heavy atom. The minimum atomic E-state index is 1.02. The number of hydrogen-bond donors (Lipinski definition) is 0. The van der Waals surface area contributed by atoms with Crippen molar-refractivity contribution < 1.29 is 0 Å². The van der Waals surface area contributed by atoms with Gasteiger partial charge in [0.2, 0.25) is 0 Å². The molecule has 0 amide bonds. The lowest BCUT2D eigenvalue weighted by Gasteiger charge is -2.05. The third-order valence-electron chi connectivity index (χ3n) is 3.06. The van der Waals surface area contributed by atoms with Gasteiger partial charge in [-0.3, -0.25) is 0 Å². The van der Waals surface area contributed by atoms with Gasteiger partial charge in [-0.1, -0.05) is 72.9 Å². The molecular formula is C23H30. The summed E-state index contributed by atoms with van der Waals surface area (Å²) in [5, 5.41) is 0. The van der Waals surface area contributed by atoms with Gasteiger partial charge in [0.25, 0.3) is 0 Å². The van der Waals surface area contributed by atoms with E-state index in [1.165, 1.54) is 22.3 Å². The van der Waals surface area contributed by atoms with Crippen LogP contribution in [-0.2, 0) is 0 Å². The summed E-state index contributed by atoms with van der Waals surface area (Å²) >= 11 is 0. The molecule has 0 nitrogen and oxygen atoms in total. The number of rotatable bonds is 5. The molecule has 0 unspecified atom stereocenters. The standard InChI is InChI=1S/C19H22.C4H8/c1-6-9-16(4)18-10-8-11-19(14-18)17(5)13-12-15(3)7-2;1-4(2)3/h6-14H,1,5H2,2-4H3;1H2,2-3H3/b13-12-,15-7-,16-9+;. The fraction of sp³-hybridized carbons (Fsp3) is 0.217. The van der Waals surface area contributed by atoms with E-state index in [-0.39, 0.29) is 0 Å². The Labute approximate surface area is 143 Å². The van der Waals surface area contributed by atoms with E-state index in [4.69, 9.17) is 0 Å². The van der Waals surface area contributed by atoms with Gasteiger partial charge < -0.3 is 0 Å². The van der Waals surface area contributed by atoms with E-state index in [1.54, 1.807) is 0 Å². The number of benzene rings is 1. The predicted molar refractivity (Wildman–Crippen MR) is 108 cm³/mol. The fourth-order valence-corrected chi connectivity index (χ4v) is 1.66. The van der Waals surface area contributed by atoms with Crippen LogP contribution < -0.4 is 0 Å². The quantitative estimate of drug-likeness (QED) is 0.393. The van der Waals surface area contributed by atoms with E-state index in [2.05, 4.69) is 76.1 Å². The van der Waals surface area contributed by atoms with Crippen molar-refractivity contribution in [1.29, 1.82) is 0 Å². The molecular weight excluding hydrogens is 276 g/mol. The molecule has 0 bridgehead atoms. The normalized spacial score (nSPS) is 11.7. The maximum atomic E-state index is 4.12. The summed E-state index contributed by atoms with van der Waals surface area (Å²) in [5.74, 6) is 0. The first kappa shape index (κ1) is 20.7. The molecule has 0 spiro atoms. The first-order valence-electron chi connectivity index (χ1n) is 7.84. The first-order chi connectivity index (χ1) is 10.8. The smallest absolute Gasteiger partial charge is 0.0184 e. The molecule has 0 aromatic heterocycles. The summed E-state index contributed by atoms with van der Waals surface area (Å²) < 4.78 is 0. The molecule has 0 saturated carbocycles. The van der Waals surface area contributed by atoms with Crippen molar-refractivity contribution in [2.45, 2.75) is 34.6 Å². The van der Waals surface area contributed by atoms with E-state index < -0.39 is 0 Å². The molecule has 0 aliphatic carbocycles. The van der Waals surface area contributed by atoms with Gasteiger partial charge in [-0.2, -0.15) is 0 Å². The molecule has 23 heavy (non-hydrogen) atoms. The van der Waals surface area contributed by atoms with Crippen LogP contribution in [0.2, 0.25) is 0 Å². The molecule has 0 aliphatic rings. The highest BCUT2D eigenvalue weighted by atomic mass is 14.0. The molecule has 0 N–H and O–H groups in total. The second kappa shape index (κ2) is 11.3. The molecule has 0 atom stereocenters. The number of hydrogen-bond acceptors (Lipinski definition) is 0. The highest BCUT2D eigenvalue weighted by Crippen LogP contribution is 2.20. The monoisotopic (exact) mass is 306 g/mol. The van der Waals surface area contributed by atoms with Crippen LogP contribution in [0.25, 0.3) is 11.1 Å². The van der Waals surface area contributed by atoms with Crippen LogP contribution in [-0.4, -0.2) is 0 Å². The molecule has 0 heterocycles. The van der Waals surface area contributed by atoms with Gasteiger partial charge in [-0.15, -0.1) is 6.58 Å². The molecule has 1 aromatic carbocycles. The van der Waals surface area contributed by atoms with Crippen LogP contribution in [0.5, 0.6) is 0 Å². The summed E-state index contributed by atoms with van der Waals surface area (Å²) in [4.78, 5) is 0.